The van der Waals surface area contributed by atoms with E-state index in [2.05, 4.69) is 0 Å². The van der Waals surface area contributed by atoms with E-state index in [9.17, 15) is 9.59 Å². The lowest BCUT2D eigenvalue weighted by atomic mass is 10.1. The van der Waals surface area contributed by atoms with Gasteiger partial charge in [0, 0.05) is 13.1 Å². The van der Waals surface area contributed by atoms with E-state index in [0.29, 0.717) is 6.42 Å². The van der Waals surface area contributed by atoms with Crippen LogP contribution in [0.3, 0.4) is 0 Å². The number of nitrogens with zero attached hydrogens (tertiary/aromatic N) is 2. The van der Waals surface area contributed by atoms with Gasteiger partial charge in [-0.1, -0.05) is 0 Å². The van der Waals surface area contributed by atoms with Gasteiger partial charge in [0.2, 0.25) is 5.91 Å². The summed E-state index contributed by atoms with van der Waals surface area (Å²) in [5.41, 5.74) is 0. The molecule has 5 heteroatoms. The van der Waals surface area contributed by atoms with E-state index in [1.807, 2.05) is 4.90 Å². The fraction of sp³-hybridized carbons (Fsp3) is 0.833. The first-order valence-corrected chi connectivity index (χ1v) is 6.43. The number of rotatable bonds is 3. The normalized spacial score (nSPS) is 26.1. The molecule has 0 radical (unpaired) electrons. The Morgan fingerprint density at radius 2 is 1.76 bits per heavy atom. The van der Waals surface area contributed by atoms with Gasteiger partial charge in [0.05, 0.1) is 6.54 Å². The number of carboxylic acids is 1. The van der Waals surface area contributed by atoms with Gasteiger partial charge in [0.15, 0.2) is 0 Å². The molecule has 0 aromatic carbocycles. The number of carboxylic acid groups (broad SMARTS) is 1. The van der Waals surface area contributed by atoms with E-state index in [-0.39, 0.29) is 12.5 Å². The lowest BCUT2D eigenvalue weighted by molar-refractivity contribution is -0.143. The molecule has 1 unspecified atom stereocenters. The second kappa shape index (κ2) is 5.49. The monoisotopic (exact) mass is 240 g/mol. The first kappa shape index (κ1) is 12.4. The maximum atomic E-state index is 12.0. The molecular formula is C12H20N2O3. The molecule has 1 N–H and O–H groups in total. The van der Waals surface area contributed by atoms with E-state index in [4.69, 9.17) is 5.11 Å². The number of likely N-dealkylation sites (tertiary alicyclic amines) is 2. The van der Waals surface area contributed by atoms with Gasteiger partial charge in [-0.05, 0) is 38.6 Å². The van der Waals surface area contributed by atoms with Crippen molar-refractivity contribution >= 4 is 11.9 Å². The van der Waals surface area contributed by atoms with Crippen molar-refractivity contribution in [3.8, 4) is 0 Å². The number of aliphatic carboxylic acids is 1. The average Bonchev–Trinajstić information content (AvgIpc) is 2.78. The standard InChI is InChI=1S/C12H20N2O3/c15-11(13-6-2-1-3-7-13)9-14-8-4-5-10(14)12(16)17/h10H,1-9H2,(H,16,17). The van der Waals surface area contributed by atoms with Crippen molar-refractivity contribution < 1.29 is 14.7 Å². The van der Waals surface area contributed by atoms with Gasteiger partial charge in [-0.3, -0.25) is 14.5 Å². The summed E-state index contributed by atoms with van der Waals surface area (Å²) in [6.07, 6.45) is 4.90. The highest BCUT2D eigenvalue weighted by Crippen LogP contribution is 2.18. The predicted molar refractivity (Wildman–Crippen MR) is 62.7 cm³/mol. The Labute approximate surface area is 101 Å². The molecule has 0 spiro atoms. The largest absolute Gasteiger partial charge is 0.480 e. The summed E-state index contributed by atoms with van der Waals surface area (Å²) >= 11 is 0. The fourth-order valence-electron chi connectivity index (χ4n) is 2.71. The topological polar surface area (TPSA) is 60.9 Å². The highest BCUT2D eigenvalue weighted by atomic mass is 16.4. The van der Waals surface area contributed by atoms with Gasteiger partial charge in [0.1, 0.15) is 6.04 Å². The Balaban J connectivity index is 1.86. The van der Waals surface area contributed by atoms with Gasteiger partial charge >= 0.3 is 5.97 Å². The van der Waals surface area contributed by atoms with Gasteiger partial charge < -0.3 is 10.0 Å². The summed E-state index contributed by atoms with van der Waals surface area (Å²) in [5, 5.41) is 9.04. The Morgan fingerprint density at radius 3 is 2.41 bits per heavy atom. The zero-order valence-electron chi connectivity index (χ0n) is 10.1. The number of hydrogen-bond donors (Lipinski definition) is 1. The molecule has 1 amide bonds. The lowest BCUT2D eigenvalue weighted by Crippen LogP contribution is -2.46. The highest BCUT2D eigenvalue weighted by Gasteiger charge is 2.32. The minimum absolute atomic E-state index is 0.0952. The Kier molecular flexibility index (Phi) is 3.99. The van der Waals surface area contributed by atoms with Crippen LogP contribution in [-0.2, 0) is 9.59 Å². The SMILES string of the molecule is O=C(O)C1CCCN1CC(=O)N1CCCCC1. The van der Waals surface area contributed by atoms with Crippen LogP contribution >= 0.6 is 0 Å². The first-order valence-electron chi connectivity index (χ1n) is 6.43. The van der Waals surface area contributed by atoms with Crippen molar-refractivity contribution in [3.63, 3.8) is 0 Å². The quantitative estimate of drug-likeness (QED) is 0.782. The summed E-state index contributed by atoms with van der Waals surface area (Å²) in [6, 6.07) is -0.455. The van der Waals surface area contributed by atoms with Gasteiger partial charge in [0.25, 0.3) is 0 Å². The third-order valence-electron chi connectivity index (χ3n) is 3.70. The van der Waals surface area contributed by atoms with Crippen molar-refractivity contribution in [2.75, 3.05) is 26.2 Å². The van der Waals surface area contributed by atoms with Crippen LogP contribution in [0, 0.1) is 0 Å². The van der Waals surface area contributed by atoms with Crippen molar-refractivity contribution in [2.24, 2.45) is 0 Å². The van der Waals surface area contributed by atoms with E-state index in [1.165, 1.54) is 6.42 Å². The maximum Gasteiger partial charge on any atom is 0.320 e. The highest BCUT2D eigenvalue weighted by molar-refractivity contribution is 5.80. The number of piperidine rings is 1. The first-order chi connectivity index (χ1) is 8.18. The maximum absolute atomic E-state index is 12.0. The molecule has 2 fully saturated rings. The number of amides is 1. The van der Waals surface area contributed by atoms with Crippen molar-refractivity contribution in [1.82, 2.24) is 9.80 Å². The molecule has 2 aliphatic rings. The molecule has 0 saturated carbocycles. The molecule has 2 saturated heterocycles. The zero-order valence-corrected chi connectivity index (χ0v) is 10.1. The average molecular weight is 240 g/mol. The molecule has 0 aliphatic carbocycles. The molecule has 17 heavy (non-hydrogen) atoms. The zero-order chi connectivity index (χ0) is 12.3. The van der Waals surface area contributed by atoms with E-state index >= 15 is 0 Å². The minimum atomic E-state index is -0.797. The molecule has 2 rings (SSSR count). The van der Waals surface area contributed by atoms with Crippen molar-refractivity contribution in [1.29, 1.82) is 0 Å². The van der Waals surface area contributed by atoms with Crippen LogP contribution in [-0.4, -0.2) is 59.0 Å². The van der Waals surface area contributed by atoms with Gasteiger partial charge in [-0.25, -0.2) is 0 Å². The fourth-order valence-corrected chi connectivity index (χ4v) is 2.71. The van der Waals surface area contributed by atoms with E-state index < -0.39 is 12.0 Å². The van der Waals surface area contributed by atoms with Crippen molar-refractivity contribution in [3.05, 3.63) is 0 Å². The molecule has 2 aliphatic heterocycles. The molecule has 0 aromatic rings. The van der Waals surface area contributed by atoms with Crippen LogP contribution in [0.15, 0.2) is 0 Å². The summed E-state index contributed by atoms with van der Waals surface area (Å²) in [7, 11) is 0. The number of hydrogen-bond acceptors (Lipinski definition) is 3. The lowest BCUT2D eigenvalue weighted by Gasteiger charge is -2.29. The summed E-state index contributed by atoms with van der Waals surface area (Å²) in [6.45, 7) is 2.68. The van der Waals surface area contributed by atoms with Gasteiger partial charge in [-0.2, -0.15) is 0 Å². The van der Waals surface area contributed by atoms with Crippen LogP contribution in [0.1, 0.15) is 32.1 Å². The molecule has 2 heterocycles. The third-order valence-corrected chi connectivity index (χ3v) is 3.70. The molecule has 1 atom stereocenters. The second-order valence-electron chi connectivity index (χ2n) is 4.91. The van der Waals surface area contributed by atoms with E-state index in [0.717, 1.165) is 38.9 Å². The van der Waals surface area contributed by atoms with Crippen LogP contribution in [0.4, 0.5) is 0 Å². The summed E-state index contributed by atoms with van der Waals surface area (Å²) in [4.78, 5) is 26.7. The molecule has 0 aromatic heterocycles. The smallest absolute Gasteiger partial charge is 0.320 e. The van der Waals surface area contributed by atoms with Crippen LogP contribution in [0.2, 0.25) is 0 Å². The van der Waals surface area contributed by atoms with Crippen LogP contribution in [0.25, 0.3) is 0 Å². The Morgan fingerprint density at radius 1 is 1.06 bits per heavy atom. The Bertz CT molecular complexity index is 300. The minimum Gasteiger partial charge on any atom is -0.480 e. The summed E-state index contributed by atoms with van der Waals surface area (Å²) < 4.78 is 0. The molecule has 96 valence electrons. The van der Waals surface area contributed by atoms with Crippen molar-refractivity contribution in [2.45, 2.75) is 38.1 Å². The van der Waals surface area contributed by atoms with Crippen LogP contribution in [0.5, 0.6) is 0 Å². The van der Waals surface area contributed by atoms with Gasteiger partial charge in [-0.15, -0.1) is 0 Å². The molecule has 0 bridgehead atoms. The summed E-state index contributed by atoms with van der Waals surface area (Å²) in [5.74, 6) is -0.702. The Hall–Kier alpha value is -1.10. The predicted octanol–water partition coefficient (Wildman–Crippen LogP) is 0.548. The number of carbonyl (C=O) groups excluding carboxylic acids is 1. The number of carbonyl (C=O) groups is 2. The van der Waals surface area contributed by atoms with E-state index in [1.54, 1.807) is 4.90 Å². The molecular weight excluding hydrogens is 220 g/mol. The molecule has 5 nitrogen and oxygen atoms in total. The third kappa shape index (κ3) is 2.97. The van der Waals surface area contributed by atoms with Crippen LogP contribution < -0.4 is 0 Å². The second-order valence-corrected chi connectivity index (χ2v) is 4.91.